The Balaban J connectivity index is 2.09. The number of anilines is 1. The zero-order chi connectivity index (χ0) is 18.8. The quantitative estimate of drug-likeness (QED) is 0.905. The van der Waals surface area contributed by atoms with Crippen molar-refractivity contribution in [2.45, 2.75) is 53.2 Å². The van der Waals surface area contributed by atoms with Crippen LogP contribution in [0.25, 0.3) is 0 Å². The van der Waals surface area contributed by atoms with Gasteiger partial charge >= 0.3 is 6.09 Å². The number of ether oxygens (including phenoxy) is 1. The second-order valence-corrected chi connectivity index (χ2v) is 8.29. The van der Waals surface area contributed by atoms with E-state index in [1.54, 1.807) is 4.90 Å². The van der Waals surface area contributed by atoms with Crippen LogP contribution in [0.15, 0.2) is 18.2 Å². The Hall–Kier alpha value is -1.75. The highest BCUT2D eigenvalue weighted by Crippen LogP contribution is 2.31. The highest BCUT2D eigenvalue weighted by Gasteiger charge is 2.27. The number of nitrogens with zero attached hydrogens (tertiary/aromatic N) is 2. The molecule has 1 saturated heterocycles. The minimum atomic E-state index is -0.456. The van der Waals surface area contributed by atoms with Crippen LogP contribution in [-0.4, -0.2) is 42.8 Å². The fourth-order valence-electron chi connectivity index (χ4n) is 3.04. The molecule has 25 heavy (non-hydrogen) atoms. The normalized spacial score (nSPS) is 17.0. The van der Waals surface area contributed by atoms with Gasteiger partial charge in [-0.1, -0.05) is 31.5 Å². The number of benzene rings is 1. The first-order valence-electron chi connectivity index (χ1n) is 9.17. The van der Waals surface area contributed by atoms with Crippen molar-refractivity contribution in [1.82, 2.24) is 4.90 Å². The third-order valence-corrected chi connectivity index (χ3v) is 4.53. The number of hydrogen-bond donors (Lipinski definition) is 1. The lowest BCUT2D eigenvalue weighted by atomic mass is 9.93. The molecule has 1 aromatic rings. The van der Waals surface area contributed by atoms with Crippen LogP contribution < -0.4 is 10.6 Å². The van der Waals surface area contributed by atoms with Gasteiger partial charge in [-0.25, -0.2) is 4.79 Å². The summed E-state index contributed by atoms with van der Waals surface area (Å²) >= 11 is 0. The molecule has 1 fully saturated rings. The van der Waals surface area contributed by atoms with Gasteiger partial charge < -0.3 is 20.3 Å². The SMILES string of the molecule is Cc1ccc(N2CCN(C(=O)OC(C)(C)C)CC2)c([C@@H](N)C(C)C)c1. The molecule has 1 amide bonds. The number of aryl methyl sites for hydroxylation is 1. The number of rotatable bonds is 3. The smallest absolute Gasteiger partial charge is 0.410 e. The van der Waals surface area contributed by atoms with Gasteiger partial charge in [-0.05, 0) is 45.2 Å². The Morgan fingerprint density at radius 3 is 2.28 bits per heavy atom. The lowest BCUT2D eigenvalue weighted by molar-refractivity contribution is 0.0240. The summed E-state index contributed by atoms with van der Waals surface area (Å²) in [6.45, 7) is 15.0. The Bertz CT molecular complexity index is 599. The number of piperazine rings is 1. The van der Waals surface area contributed by atoms with Crippen LogP contribution in [-0.2, 0) is 4.74 Å². The van der Waals surface area contributed by atoms with E-state index in [0.29, 0.717) is 19.0 Å². The Morgan fingerprint density at radius 2 is 1.76 bits per heavy atom. The molecule has 0 bridgehead atoms. The first kappa shape index (κ1) is 19.6. The average Bonchev–Trinajstić information content (AvgIpc) is 2.52. The van der Waals surface area contributed by atoms with Gasteiger partial charge in [0.2, 0.25) is 0 Å². The molecule has 0 aliphatic carbocycles. The maximum atomic E-state index is 12.2. The third-order valence-electron chi connectivity index (χ3n) is 4.53. The number of carbonyl (C=O) groups is 1. The van der Waals surface area contributed by atoms with Crippen LogP contribution in [0.2, 0.25) is 0 Å². The molecule has 0 aromatic heterocycles. The van der Waals surface area contributed by atoms with E-state index in [9.17, 15) is 4.79 Å². The van der Waals surface area contributed by atoms with Crippen molar-refractivity contribution in [2.75, 3.05) is 31.1 Å². The van der Waals surface area contributed by atoms with Gasteiger partial charge in [0, 0.05) is 37.9 Å². The van der Waals surface area contributed by atoms with Gasteiger partial charge in [0.1, 0.15) is 5.60 Å². The monoisotopic (exact) mass is 347 g/mol. The lowest BCUT2D eigenvalue weighted by Gasteiger charge is -2.38. The molecule has 1 aromatic carbocycles. The maximum Gasteiger partial charge on any atom is 0.410 e. The second-order valence-electron chi connectivity index (χ2n) is 8.29. The van der Waals surface area contributed by atoms with E-state index in [-0.39, 0.29) is 12.1 Å². The lowest BCUT2D eigenvalue weighted by Crippen LogP contribution is -2.50. The van der Waals surface area contributed by atoms with Gasteiger partial charge in [-0.15, -0.1) is 0 Å². The zero-order valence-corrected chi connectivity index (χ0v) is 16.5. The van der Waals surface area contributed by atoms with Crippen molar-refractivity contribution >= 4 is 11.8 Å². The van der Waals surface area contributed by atoms with Crippen molar-refractivity contribution in [2.24, 2.45) is 11.7 Å². The number of amides is 1. The van der Waals surface area contributed by atoms with E-state index in [2.05, 4.69) is 43.9 Å². The molecular formula is C20H33N3O2. The third kappa shape index (κ3) is 5.11. The van der Waals surface area contributed by atoms with E-state index in [1.807, 2.05) is 20.8 Å². The highest BCUT2D eigenvalue weighted by molar-refractivity contribution is 5.69. The van der Waals surface area contributed by atoms with Gasteiger partial charge in [0.15, 0.2) is 0 Å². The highest BCUT2D eigenvalue weighted by atomic mass is 16.6. The molecule has 0 spiro atoms. The van der Waals surface area contributed by atoms with Crippen molar-refractivity contribution in [1.29, 1.82) is 0 Å². The minimum Gasteiger partial charge on any atom is -0.444 e. The van der Waals surface area contributed by atoms with E-state index >= 15 is 0 Å². The Labute approximate surface area is 152 Å². The van der Waals surface area contributed by atoms with Crippen LogP contribution in [0, 0.1) is 12.8 Å². The number of nitrogens with two attached hydrogens (primary N) is 1. The molecule has 1 atom stereocenters. The molecule has 140 valence electrons. The van der Waals surface area contributed by atoms with Gasteiger partial charge in [-0.2, -0.15) is 0 Å². The largest absolute Gasteiger partial charge is 0.444 e. The first-order chi connectivity index (χ1) is 11.6. The summed E-state index contributed by atoms with van der Waals surface area (Å²) < 4.78 is 5.48. The minimum absolute atomic E-state index is 0.0128. The molecular weight excluding hydrogens is 314 g/mol. The fraction of sp³-hybridized carbons (Fsp3) is 0.650. The topological polar surface area (TPSA) is 58.8 Å². The van der Waals surface area contributed by atoms with E-state index in [1.165, 1.54) is 16.8 Å². The predicted octanol–water partition coefficient (Wildman–Crippen LogP) is 3.71. The summed E-state index contributed by atoms with van der Waals surface area (Å²) in [6, 6.07) is 6.50. The molecule has 1 aliphatic heterocycles. The summed E-state index contributed by atoms with van der Waals surface area (Å²) in [7, 11) is 0. The van der Waals surface area contributed by atoms with Crippen LogP contribution in [0.5, 0.6) is 0 Å². The summed E-state index contributed by atoms with van der Waals surface area (Å²) in [5, 5.41) is 0. The van der Waals surface area contributed by atoms with Crippen molar-refractivity contribution in [3.8, 4) is 0 Å². The van der Waals surface area contributed by atoms with Crippen molar-refractivity contribution in [3.05, 3.63) is 29.3 Å². The molecule has 2 N–H and O–H groups in total. The van der Waals surface area contributed by atoms with Gasteiger partial charge in [0.05, 0.1) is 0 Å². The van der Waals surface area contributed by atoms with Gasteiger partial charge in [-0.3, -0.25) is 0 Å². The predicted molar refractivity (Wildman–Crippen MR) is 103 cm³/mol. The fourth-order valence-corrected chi connectivity index (χ4v) is 3.04. The summed E-state index contributed by atoms with van der Waals surface area (Å²) in [5.74, 6) is 0.378. The molecule has 2 rings (SSSR count). The Morgan fingerprint density at radius 1 is 1.16 bits per heavy atom. The van der Waals surface area contributed by atoms with E-state index in [0.717, 1.165) is 13.1 Å². The van der Waals surface area contributed by atoms with Crippen molar-refractivity contribution in [3.63, 3.8) is 0 Å². The van der Waals surface area contributed by atoms with Crippen LogP contribution in [0.1, 0.15) is 51.8 Å². The number of hydrogen-bond acceptors (Lipinski definition) is 4. The van der Waals surface area contributed by atoms with Crippen LogP contribution in [0.4, 0.5) is 10.5 Å². The summed E-state index contributed by atoms with van der Waals surface area (Å²) in [5.41, 5.74) is 9.60. The molecule has 5 heteroatoms. The van der Waals surface area contributed by atoms with Crippen LogP contribution >= 0.6 is 0 Å². The summed E-state index contributed by atoms with van der Waals surface area (Å²) in [4.78, 5) is 16.4. The molecule has 5 nitrogen and oxygen atoms in total. The number of carbonyl (C=O) groups excluding carboxylic acids is 1. The Kier molecular flexibility index (Phi) is 5.99. The van der Waals surface area contributed by atoms with E-state index in [4.69, 9.17) is 10.5 Å². The molecule has 0 saturated carbocycles. The second kappa shape index (κ2) is 7.65. The average molecular weight is 348 g/mol. The molecule has 1 heterocycles. The summed E-state index contributed by atoms with van der Waals surface area (Å²) in [6.07, 6.45) is -0.227. The maximum absolute atomic E-state index is 12.2. The molecule has 1 aliphatic rings. The first-order valence-corrected chi connectivity index (χ1v) is 9.17. The zero-order valence-electron chi connectivity index (χ0n) is 16.5. The van der Waals surface area contributed by atoms with E-state index < -0.39 is 5.60 Å². The van der Waals surface area contributed by atoms with Gasteiger partial charge in [0.25, 0.3) is 0 Å². The van der Waals surface area contributed by atoms with Crippen LogP contribution in [0.3, 0.4) is 0 Å². The van der Waals surface area contributed by atoms with Crippen molar-refractivity contribution < 1.29 is 9.53 Å². The molecule has 0 unspecified atom stereocenters. The standard InChI is InChI=1S/C20H33N3O2/c1-14(2)18(21)16-13-15(3)7-8-17(16)22-9-11-23(12-10-22)19(24)25-20(4,5)6/h7-8,13-14,18H,9-12,21H2,1-6H3/t18-/m0/s1. The molecule has 0 radical (unpaired) electrons.